The van der Waals surface area contributed by atoms with E-state index in [-0.39, 0.29) is 23.5 Å². The van der Waals surface area contributed by atoms with E-state index in [4.69, 9.17) is 23.8 Å². The molecule has 2 aliphatic heterocycles. The van der Waals surface area contributed by atoms with Gasteiger partial charge in [-0.15, -0.1) is 0 Å². The summed E-state index contributed by atoms with van der Waals surface area (Å²) in [7, 11) is -3.06. The van der Waals surface area contributed by atoms with E-state index in [1.165, 1.54) is 16.7 Å². The molecule has 0 aromatic heterocycles. The number of halogens is 1. The van der Waals surface area contributed by atoms with Gasteiger partial charge in [-0.05, 0) is 30.2 Å². The Bertz CT molecular complexity index is 771. The van der Waals surface area contributed by atoms with Crippen molar-refractivity contribution < 1.29 is 13.2 Å². The maximum Gasteiger partial charge on any atom is 0.266 e. The minimum Gasteiger partial charge on any atom is -0.289 e. The summed E-state index contributed by atoms with van der Waals surface area (Å²) in [6.07, 6.45) is 2.20. The zero-order valence-corrected chi connectivity index (χ0v) is 14.6. The number of hydrogen-bond acceptors (Lipinski definition) is 5. The van der Waals surface area contributed by atoms with Crippen LogP contribution in [0.1, 0.15) is 12.0 Å². The third-order valence-corrected chi connectivity index (χ3v) is 6.90. The van der Waals surface area contributed by atoms with Crippen LogP contribution in [0.4, 0.5) is 0 Å². The second-order valence-corrected chi connectivity index (χ2v) is 9.50. The van der Waals surface area contributed by atoms with Gasteiger partial charge in [0.05, 0.1) is 22.5 Å². The quantitative estimate of drug-likeness (QED) is 0.589. The summed E-state index contributed by atoms with van der Waals surface area (Å²) in [5.74, 6) is -0.106. The minimum atomic E-state index is -3.06. The van der Waals surface area contributed by atoms with Gasteiger partial charge in [0.2, 0.25) is 0 Å². The molecule has 1 amide bonds. The fraction of sp³-hybridized carbons (Fsp3) is 0.286. The van der Waals surface area contributed by atoms with E-state index in [1.807, 2.05) is 12.1 Å². The first-order valence-corrected chi connectivity index (χ1v) is 10.0. The third kappa shape index (κ3) is 3.22. The van der Waals surface area contributed by atoms with Gasteiger partial charge in [-0.25, -0.2) is 8.42 Å². The molecular weight excluding hydrogens is 362 g/mol. The predicted octanol–water partition coefficient (Wildman–Crippen LogP) is 2.73. The van der Waals surface area contributed by atoms with Gasteiger partial charge in [0.1, 0.15) is 4.32 Å². The monoisotopic (exact) mass is 373 g/mol. The summed E-state index contributed by atoms with van der Waals surface area (Å²) >= 11 is 12.3. The Kier molecular flexibility index (Phi) is 4.33. The van der Waals surface area contributed by atoms with Crippen molar-refractivity contribution in [1.82, 2.24) is 4.90 Å². The van der Waals surface area contributed by atoms with Gasteiger partial charge < -0.3 is 0 Å². The van der Waals surface area contributed by atoms with Crippen molar-refractivity contribution in [1.29, 1.82) is 0 Å². The number of nitrogens with zero attached hydrogens (tertiary/aromatic N) is 1. The van der Waals surface area contributed by atoms with E-state index in [0.29, 0.717) is 20.7 Å². The predicted molar refractivity (Wildman–Crippen MR) is 93.5 cm³/mol. The lowest BCUT2D eigenvalue weighted by Crippen LogP contribution is -2.39. The molecule has 22 heavy (non-hydrogen) atoms. The number of thiocarbonyl (C=S) groups is 1. The number of hydrogen-bond donors (Lipinski definition) is 0. The second-order valence-electron chi connectivity index (χ2n) is 5.16. The first-order chi connectivity index (χ1) is 10.4. The molecule has 0 unspecified atom stereocenters. The molecule has 1 aromatic carbocycles. The molecule has 0 saturated carbocycles. The van der Waals surface area contributed by atoms with Crippen molar-refractivity contribution >= 4 is 61.7 Å². The number of amides is 1. The van der Waals surface area contributed by atoms with Crippen molar-refractivity contribution in [2.24, 2.45) is 0 Å². The molecule has 0 spiro atoms. The van der Waals surface area contributed by atoms with Crippen LogP contribution in [-0.2, 0) is 14.6 Å². The molecule has 0 aliphatic carbocycles. The lowest BCUT2D eigenvalue weighted by Gasteiger charge is -2.20. The molecule has 0 N–H and O–H groups in total. The van der Waals surface area contributed by atoms with Gasteiger partial charge in [0.25, 0.3) is 5.91 Å². The zero-order chi connectivity index (χ0) is 15.9. The molecule has 116 valence electrons. The minimum absolute atomic E-state index is 0.00628. The average Bonchev–Trinajstić information content (AvgIpc) is 2.93. The van der Waals surface area contributed by atoms with E-state index < -0.39 is 9.84 Å². The summed E-state index contributed by atoms with van der Waals surface area (Å²) in [6, 6.07) is 6.78. The molecule has 2 heterocycles. The average molecular weight is 374 g/mol. The van der Waals surface area contributed by atoms with E-state index >= 15 is 0 Å². The zero-order valence-electron chi connectivity index (χ0n) is 11.4. The van der Waals surface area contributed by atoms with Crippen LogP contribution < -0.4 is 0 Å². The van der Waals surface area contributed by atoms with Crippen LogP contribution in [0, 0.1) is 0 Å². The Morgan fingerprint density at radius 2 is 2.00 bits per heavy atom. The molecule has 3 rings (SSSR count). The van der Waals surface area contributed by atoms with E-state index in [9.17, 15) is 13.2 Å². The molecule has 2 fully saturated rings. The van der Waals surface area contributed by atoms with E-state index in [0.717, 1.165) is 5.56 Å². The van der Waals surface area contributed by atoms with Gasteiger partial charge in [0, 0.05) is 5.02 Å². The van der Waals surface area contributed by atoms with Crippen LogP contribution in [0.3, 0.4) is 0 Å². The van der Waals surface area contributed by atoms with Gasteiger partial charge in [-0.1, -0.05) is 47.7 Å². The molecule has 1 atom stereocenters. The molecule has 2 aliphatic rings. The lowest BCUT2D eigenvalue weighted by atomic mass is 10.2. The first kappa shape index (κ1) is 16.0. The largest absolute Gasteiger partial charge is 0.289 e. The standard InChI is InChI=1S/C14H12ClNO3S3/c15-10-3-1-9(2-4-10)7-12-13(17)16(14(20)21-12)11-5-6-22(18,19)8-11/h1-4,7,11H,5-6,8H2/b12-7+/t11-/m1/s1. The molecule has 8 heteroatoms. The SMILES string of the molecule is O=C1/C(=C\c2ccc(Cl)cc2)SC(=S)N1[C@@H]1CCS(=O)(=O)C1. The van der Waals surface area contributed by atoms with Crippen LogP contribution in [-0.4, -0.2) is 41.1 Å². The molecule has 0 bridgehead atoms. The summed E-state index contributed by atoms with van der Waals surface area (Å²) in [6.45, 7) is 0. The number of rotatable bonds is 2. The van der Waals surface area contributed by atoms with Gasteiger partial charge in [0.15, 0.2) is 9.84 Å². The van der Waals surface area contributed by atoms with Crippen LogP contribution in [0.15, 0.2) is 29.2 Å². The smallest absolute Gasteiger partial charge is 0.266 e. The summed E-state index contributed by atoms with van der Waals surface area (Å²) in [4.78, 5) is 14.5. The van der Waals surface area contributed by atoms with Crippen molar-refractivity contribution in [3.8, 4) is 0 Å². The fourth-order valence-electron chi connectivity index (χ4n) is 2.48. The Hall–Kier alpha value is -0.890. The molecular formula is C14H12ClNO3S3. The Morgan fingerprint density at radius 3 is 2.59 bits per heavy atom. The number of carbonyl (C=O) groups is 1. The van der Waals surface area contributed by atoms with Crippen molar-refractivity contribution in [3.05, 3.63) is 39.8 Å². The summed E-state index contributed by atoms with van der Waals surface area (Å²) < 4.78 is 23.6. The number of sulfone groups is 1. The van der Waals surface area contributed by atoms with Crippen LogP contribution in [0.2, 0.25) is 5.02 Å². The summed E-state index contributed by atoms with van der Waals surface area (Å²) in [5, 5.41) is 0.626. The topological polar surface area (TPSA) is 54.5 Å². The Labute approximate surface area is 143 Å². The first-order valence-electron chi connectivity index (χ1n) is 6.59. The second kappa shape index (κ2) is 5.96. The maximum absolute atomic E-state index is 12.5. The Balaban J connectivity index is 1.84. The van der Waals surface area contributed by atoms with E-state index in [2.05, 4.69) is 0 Å². The molecule has 4 nitrogen and oxygen atoms in total. The highest BCUT2D eigenvalue weighted by Crippen LogP contribution is 2.36. The van der Waals surface area contributed by atoms with Gasteiger partial charge in [-0.2, -0.15) is 0 Å². The highest BCUT2D eigenvalue weighted by molar-refractivity contribution is 8.26. The molecule has 0 radical (unpaired) electrons. The van der Waals surface area contributed by atoms with Crippen molar-refractivity contribution in [3.63, 3.8) is 0 Å². The lowest BCUT2D eigenvalue weighted by molar-refractivity contribution is -0.123. The highest BCUT2D eigenvalue weighted by Gasteiger charge is 2.41. The third-order valence-electron chi connectivity index (χ3n) is 3.56. The normalized spacial score (nSPS) is 26.1. The molecule has 1 aromatic rings. The van der Waals surface area contributed by atoms with Gasteiger partial charge >= 0.3 is 0 Å². The highest BCUT2D eigenvalue weighted by atomic mass is 35.5. The maximum atomic E-state index is 12.5. The van der Waals surface area contributed by atoms with Crippen LogP contribution >= 0.6 is 35.6 Å². The van der Waals surface area contributed by atoms with Crippen LogP contribution in [0.5, 0.6) is 0 Å². The number of benzene rings is 1. The van der Waals surface area contributed by atoms with Crippen molar-refractivity contribution in [2.45, 2.75) is 12.5 Å². The fourth-order valence-corrected chi connectivity index (χ4v) is 5.71. The number of thioether (sulfide) groups is 1. The molecule has 2 saturated heterocycles. The summed E-state index contributed by atoms with van der Waals surface area (Å²) in [5.41, 5.74) is 0.851. The Morgan fingerprint density at radius 1 is 1.32 bits per heavy atom. The van der Waals surface area contributed by atoms with Crippen molar-refractivity contribution in [2.75, 3.05) is 11.5 Å². The van der Waals surface area contributed by atoms with Crippen LogP contribution in [0.25, 0.3) is 6.08 Å². The number of carbonyl (C=O) groups excluding carboxylic acids is 1. The van der Waals surface area contributed by atoms with E-state index in [1.54, 1.807) is 18.2 Å². The van der Waals surface area contributed by atoms with Gasteiger partial charge in [-0.3, -0.25) is 9.69 Å².